The molecule has 17 heteroatoms. The van der Waals surface area contributed by atoms with Crippen LogP contribution in [0.1, 0.15) is 71.4 Å². The summed E-state index contributed by atoms with van der Waals surface area (Å²) in [6.45, 7) is 8.68. The maximum Gasteiger partial charge on any atom is 0.342 e. The van der Waals surface area contributed by atoms with Gasteiger partial charge in [-0.1, -0.05) is 6.92 Å². The lowest BCUT2D eigenvalue weighted by molar-refractivity contribution is -0.117. The Labute approximate surface area is 340 Å². The number of benzene rings is 4. The first-order valence-corrected chi connectivity index (χ1v) is 21.5. The van der Waals surface area contributed by atoms with E-state index >= 15 is 0 Å². The van der Waals surface area contributed by atoms with Gasteiger partial charge in [-0.25, -0.2) is 30.7 Å². The standard InChI is InChI=1S/C42H42N2O13S2/c1-7-10-37(45)44(29-11-20-36-34(23-29)38(25(4)56-36)41(46)52-6)59(50,51)33-18-14-31(15-19-33)55-24-27-21-28(22-35-39(42(47)54-9-3)26(5)57-40(27)35)43-58(48,49)32-16-12-30(13-17-32)53-8-2/h11-23,43H,7-10,24H2,1-6H3. The number of aryl methyl sites for hydroxylation is 2. The van der Waals surface area contributed by atoms with E-state index in [0.29, 0.717) is 34.2 Å². The first kappa shape index (κ1) is 42.3. The van der Waals surface area contributed by atoms with Crippen molar-refractivity contribution in [3.05, 3.63) is 107 Å². The van der Waals surface area contributed by atoms with Crippen molar-refractivity contribution >= 4 is 71.2 Å². The van der Waals surface area contributed by atoms with E-state index in [4.69, 9.17) is 27.8 Å². The average Bonchev–Trinajstić information content (AvgIpc) is 3.71. The van der Waals surface area contributed by atoms with Gasteiger partial charge in [-0.15, -0.1) is 0 Å². The van der Waals surface area contributed by atoms with Crippen LogP contribution in [0, 0.1) is 13.8 Å². The average molecular weight is 847 g/mol. The number of nitrogens with zero attached hydrogens (tertiary/aromatic N) is 1. The summed E-state index contributed by atoms with van der Waals surface area (Å²) in [5.41, 5.74) is 1.25. The minimum atomic E-state index is -4.50. The number of nitrogens with one attached hydrogen (secondary N) is 1. The molecule has 0 aliphatic carbocycles. The molecule has 59 heavy (non-hydrogen) atoms. The Hall–Kier alpha value is -6.33. The molecule has 1 N–H and O–H groups in total. The van der Waals surface area contributed by atoms with E-state index in [9.17, 15) is 31.2 Å². The van der Waals surface area contributed by atoms with E-state index in [1.807, 2.05) is 6.92 Å². The second-order valence-electron chi connectivity index (χ2n) is 13.2. The van der Waals surface area contributed by atoms with Crippen molar-refractivity contribution < 1.29 is 59.0 Å². The Bertz CT molecular complexity index is 2770. The Morgan fingerprint density at radius 3 is 1.97 bits per heavy atom. The third-order valence-corrected chi connectivity index (χ3v) is 12.3. The third kappa shape index (κ3) is 8.61. The fraction of sp³-hybridized carbons (Fsp3) is 0.262. The predicted octanol–water partition coefficient (Wildman–Crippen LogP) is 8.06. The summed E-state index contributed by atoms with van der Waals surface area (Å²) in [5, 5.41) is 0.565. The monoisotopic (exact) mass is 846 g/mol. The fourth-order valence-electron chi connectivity index (χ4n) is 6.50. The van der Waals surface area contributed by atoms with Crippen LogP contribution in [0.15, 0.2) is 97.5 Å². The van der Waals surface area contributed by atoms with Crippen LogP contribution >= 0.6 is 0 Å². The van der Waals surface area contributed by atoms with E-state index in [2.05, 4.69) is 4.72 Å². The molecule has 0 radical (unpaired) electrons. The number of esters is 2. The number of amides is 1. The van der Waals surface area contributed by atoms with Crippen molar-refractivity contribution in [1.82, 2.24) is 0 Å². The molecule has 2 heterocycles. The maximum absolute atomic E-state index is 14.2. The molecule has 4 aromatic carbocycles. The smallest absolute Gasteiger partial charge is 0.342 e. The van der Waals surface area contributed by atoms with E-state index < -0.39 is 37.9 Å². The van der Waals surface area contributed by atoms with Crippen LogP contribution in [0.2, 0.25) is 0 Å². The summed E-state index contributed by atoms with van der Waals surface area (Å²) in [7, 11) is -7.40. The van der Waals surface area contributed by atoms with Crippen molar-refractivity contribution in [3.8, 4) is 11.5 Å². The van der Waals surface area contributed by atoms with Crippen molar-refractivity contribution in [2.24, 2.45) is 0 Å². The quantitative estimate of drug-likeness (QED) is 0.0919. The van der Waals surface area contributed by atoms with E-state index in [1.165, 1.54) is 73.8 Å². The molecule has 6 rings (SSSR count). The summed E-state index contributed by atoms with van der Waals surface area (Å²) in [6, 6.07) is 18.5. The molecule has 310 valence electrons. The van der Waals surface area contributed by atoms with Crippen LogP contribution < -0.4 is 18.5 Å². The number of rotatable bonds is 16. The van der Waals surface area contributed by atoms with Crippen molar-refractivity contribution in [2.45, 2.75) is 63.9 Å². The molecule has 0 spiro atoms. The zero-order valence-electron chi connectivity index (χ0n) is 33.1. The molecule has 2 aromatic heterocycles. The number of furan rings is 2. The lowest BCUT2D eigenvalue weighted by Crippen LogP contribution is -2.36. The van der Waals surface area contributed by atoms with Gasteiger partial charge in [-0.05, 0) is 113 Å². The van der Waals surface area contributed by atoms with Crippen LogP contribution in [-0.2, 0) is 40.9 Å². The molecule has 15 nitrogen and oxygen atoms in total. The number of hydrogen-bond donors (Lipinski definition) is 1. The summed E-state index contributed by atoms with van der Waals surface area (Å²) >= 11 is 0. The third-order valence-electron chi connectivity index (χ3n) is 9.14. The minimum absolute atomic E-state index is 0.000190. The number of carbonyl (C=O) groups excluding carboxylic acids is 3. The number of fused-ring (bicyclic) bond motifs is 2. The van der Waals surface area contributed by atoms with Gasteiger partial charge >= 0.3 is 11.9 Å². The largest absolute Gasteiger partial charge is 0.494 e. The molecule has 0 aliphatic heterocycles. The summed E-state index contributed by atoms with van der Waals surface area (Å²) in [4.78, 5) is 38.8. The van der Waals surface area contributed by atoms with Crippen LogP contribution in [0.25, 0.3) is 21.9 Å². The summed E-state index contributed by atoms with van der Waals surface area (Å²) in [6.07, 6.45) is 0.285. The zero-order valence-corrected chi connectivity index (χ0v) is 34.7. The molecule has 0 unspecified atom stereocenters. The normalized spacial score (nSPS) is 11.7. The molecule has 6 aromatic rings. The van der Waals surface area contributed by atoms with Gasteiger partial charge in [0.1, 0.15) is 51.9 Å². The fourth-order valence-corrected chi connectivity index (χ4v) is 8.99. The van der Waals surface area contributed by atoms with Crippen molar-refractivity contribution in [1.29, 1.82) is 0 Å². The van der Waals surface area contributed by atoms with Gasteiger partial charge in [0.05, 0.1) is 41.5 Å². The summed E-state index contributed by atoms with van der Waals surface area (Å²) in [5.74, 6) is -0.789. The Morgan fingerprint density at radius 2 is 1.34 bits per heavy atom. The van der Waals surface area contributed by atoms with Gasteiger partial charge in [0, 0.05) is 22.8 Å². The van der Waals surface area contributed by atoms with Crippen LogP contribution in [0.5, 0.6) is 11.5 Å². The lowest BCUT2D eigenvalue weighted by atomic mass is 10.1. The van der Waals surface area contributed by atoms with Gasteiger partial charge < -0.3 is 27.8 Å². The van der Waals surface area contributed by atoms with E-state index in [1.54, 1.807) is 39.8 Å². The van der Waals surface area contributed by atoms with E-state index in [0.717, 1.165) is 0 Å². The van der Waals surface area contributed by atoms with E-state index in [-0.39, 0.29) is 85.6 Å². The lowest BCUT2D eigenvalue weighted by Gasteiger charge is -2.23. The van der Waals surface area contributed by atoms with Gasteiger partial charge in [-0.3, -0.25) is 9.52 Å². The van der Waals surface area contributed by atoms with Crippen molar-refractivity contribution in [2.75, 3.05) is 29.4 Å². The van der Waals surface area contributed by atoms with Crippen molar-refractivity contribution in [3.63, 3.8) is 0 Å². The topological polar surface area (TPSA) is 198 Å². The number of ether oxygens (including phenoxy) is 4. The molecule has 0 saturated heterocycles. The first-order valence-electron chi connectivity index (χ1n) is 18.5. The predicted molar refractivity (Wildman–Crippen MR) is 218 cm³/mol. The second kappa shape index (κ2) is 17.3. The Balaban J connectivity index is 1.31. The molecule has 0 bridgehead atoms. The highest BCUT2D eigenvalue weighted by Gasteiger charge is 2.32. The second-order valence-corrected chi connectivity index (χ2v) is 16.6. The molecule has 0 atom stereocenters. The zero-order chi connectivity index (χ0) is 42.6. The minimum Gasteiger partial charge on any atom is -0.494 e. The molecule has 0 aliphatic rings. The number of carbonyl (C=O) groups is 3. The van der Waals surface area contributed by atoms with Crippen LogP contribution in [0.3, 0.4) is 0 Å². The van der Waals surface area contributed by atoms with Crippen LogP contribution in [-0.4, -0.2) is 55.0 Å². The number of anilines is 2. The molecular formula is C42H42N2O13S2. The van der Waals surface area contributed by atoms with Gasteiger partial charge in [-0.2, -0.15) is 0 Å². The Kier molecular flexibility index (Phi) is 12.4. The van der Waals surface area contributed by atoms with Gasteiger partial charge in [0.15, 0.2) is 0 Å². The molecule has 1 amide bonds. The highest BCUT2D eigenvalue weighted by Crippen LogP contribution is 2.36. The first-order chi connectivity index (χ1) is 28.1. The summed E-state index contributed by atoms with van der Waals surface area (Å²) < 4.78 is 91.9. The number of methoxy groups -OCH3 is 1. The van der Waals surface area contributed by atoms with Gasteiger partial charge in [0.25, 0.3) is 20.0 Å². The number of hydrogen-bond acceptors (Lipinski definition) is 13. The SMILES string of the molecule is CCCC(=O)N(c1ccc2oc(C)c(C(=O)OC)c2c1)S(=O)(=O)c1ccc(OCc2cc(NS(=O)(=O)c3ccc(OCC)cc3)cc3c(C(=O)OCC)c(C)oc23)cc1. The van der Waals surface area contributed by atoms with Crippen LogP contribution in [0.4, 0.5) is 11.4 Å². The highest BCUT2D eigenvalue weighted by atomic mass is 32.2. The molecule has 0 fully saturated rings. The Morgan fingerprint density at radius 1 is 0.712 bits per heavy atom. The highest BCUT2D eigenvalue weighted by molar-refractivity contribution is 7.93. The molecule has 0 saturated carbocycles. The number of sulfonamides is 2. The molecular weight excluding hydrogens is 805 g/mol. The van der Waals surface area contributed by atoms with Gasteiger partial charge in [0.2, 0.25) is 5.91 Å². The maximum atomic E-state index is 14.2.